The zero-order valence-electron chi connectivity index (χ0n) is 13.5. The van der Waals surface area contributed by atoms with E-state index in [1.54, 1.807) is 7.11 Å². The summed E-state index contributed by atoms with van der Waals surface area (Å²) in [4.78, 5) is 0. The van der Waals surface area contributed by atoms with Gasteiger partial charge in [0, 0.05) is 24.2 Å². The third-order valence-corrected chi connectivity index (χ3v) is 5.64. The monoisotopic (exact) mass is 287 g/mol. The molecule has 0 heterocycles. The van der Waals surface area contributed by atoms with Gasteiger partial charge < -0.3 is 10.1 Å². The quantitative estimate of drug-likeness (QED) is 0.716. The van der Waals surface area contributed by atoms with Gasteiger partial charge in [-0.2, -0.15) is 11.8 Å². The van der Waals surface area contributed by atoms with Gasteiger partial charge >= 0.3 is 0 Å². The van der Waals surface area contributed by atoms with Gasteiger partial charge in [0.15, 0.2) is 0 Å². The van der Waals surface area contributed by atoms with Gasteiger partial charge in [0.05, 0.1) is 6.61 Å². The molecule has 0 saturated heterocycles. The van der Waals surface area contributed by atoms with Crippen molar-refractivity contribution in [2.24, 2.45) is 11.3 Å². The molecule has 1 aliphatic carbocycles. The van der Waals surface area contributed by atoms with E-state index in [4.69, 9.17) is 4.74 Å². The number of hydrogen-bond donors (Lipinski definition) is 1. The Bertz CT molecular complexity index is 239. The predicted octanol–water partition coefficient (Wildman–Crippen LogP) is 3.95. The summed E-state index contributed by atoms with van der Waals surface area (Å²) in [5, 5.41) is 4.52. The van der Waals surface area contributed by atoms with Crippen LogP contribution in [0.3, 0.4) is 0 Å². The third kappa shape index (κ3) is 6.05. The van der Waals surface area contributed by atoms with Crippen LogP contribution < -0.4 is 5.32 Å². The number of ether oxygens (including phenoxy) is 1. The fraction of sp³-hybridized carbons (Fsp3) is 1.00. The summed E-state index contributed by atoms with van der Waals surface area (Å²) < 4.78 is 5.20. The minimum Gasteiger partial charge on any atom is -0.384 e. The minimum atomic E-state index is 0.454. The van der Waals surface area contributed by atoms with Crippen LogP contribution in [0.15, 0.2) is 0 Å². The summed E-state index contributed by atoms with van der Waals surface area (Å²) >= 11 is 2.11. The Kier molecular flexibility index (Phi) is 7.78. The van der Waals surface area contributed by atoms with Gasteiger partial charge in [-0.3, -0.25) is 0 Å². The summed E-state index contributed by atoms with van der Waals surface area (Å²) in [6.07, 6.45) is 5.31. The topological polar surface area (TPSA) is 21.3 Å². The van der Waals surface area contributed by atoms with Crippen molar-refractivity contribution in [3.8, 4) is 0 Å². The van der Waals surface area contributed by atoms with Crippen molar-refractivity contribution < 1.29 is 4.74 Å². The van der Waals surface area contributed by atoms with E-state index in [1.165, 1.54) is 25.7 Å². The molecule has 0 aromatic heterocycles. The smallest absolute Gasteiger partial charge is 0.0553 e. The maximum absolute atomic E-state index is 5.20. The van der Waals surface area contributed by atoms with Crippen molar-refractivity contribution in [2.45, 2.75) is 64.7 Å². The van der Waals surface area contributed by atoms with Gasteiger partial charge in [0.25, 0.3) is 0 Å². The number of thioether (sulfide) groups is 1. The van der Waals surface area contributed by atoms with E-state index in [-0.39, 0.29) is 0 Å². The van der Waals surface area contributed by atoms with Crippen LogP contribution in [-0.2, 0) is 4.74 Å². The highest BCUT2D eigenvalue weighted by Gasteiger charge is 2.35. The lowest BCUT2D eigenvalue weighted by Crippen LogP contribution is -2.45. The first kappa shape index (κ1) is 17.3. The highest BCUT2D eigenvalue weighted by Crippen LogP contribution is 2.41. The maximum Gasteiger partial charge on any atom is 0.0553 e. The molecule has 1 fully saturated rings. The molecule has 0 amide bonds. The molecule has 1 rings (SSSR count). The summed E-state index contributed by atoms with van der Waals surface area (Å²) in [5.41, 5.74) is 0.454. The van der Waals surface area contributed by atoms with Crippen LogP contribution >= 0.6 is 11.8 Å². The van der Waals surface area contributed by atoms with E-state index < -0.39 is 0 Å². The van der Waals surface area contributed by atoms with Crippen molar-refractivity contribution in [1.29, 1.82) is 0 Å². The van der Waals surface area contributed by atoms with E-state index >= 15 is 0 Å². The molecule has 114 valence electrons. The number of rotatable bonds is 7. The van der Waals surface area contributed by atoms with E-state index in [2.05, 4.69) is 44.8 Å². The summed E-state index contributed by atoms with van der Waals surface area (Å²) in [6.45, 7) is 11.5. The van der Waals surface area contributed by atoms with Crippen LogP contribution in [0, 0.1) is 11.3 Å². The van der Waals surface area contributed by atoms with Gasteiger partial charge in [-0.1, -0.05) is 27.7 Å². The van der Waals surface area contributed by atoms with Crippen LogP contribution in [-0.4, -0.2) is 37.3 Å². The van der Waals surface area contributed by atoms with Gasteiger partial charge in [-0.25, -0.2) is 0 Å². The summed E-state index contributed by atoms with van der Waals surface area (Å²) in [6, 6.07) is 0.709. The fourth-order valence-electron chi connectivity index (χ4n) is 2.95. The molecule has 0 aliphatic heterocycles. The van der Waals surface area contributed by atoms with Gasteiger partial charge in [0.1, 0.15) is 0 Å². The molecule has 3 unspecified atom stereocenters. The van der Waals surface area contributed by atoms with Crippen molar-refractivity contribution >= 4 is 11.8 Å². The first-order valence-corrected chi connectivity index (χ1v) is 8.87. The van der Waals surface area contributed by atoms with Crippen LogP contribution in [0.25, 0.3) is 0 Å². The highest BCUT2D eigenvalue weighted by molar-refractivity contribution is 8.00. The van der Waals surface area contributed by atoms with Gasteiger partial charge in [-0.05, 0) is 43.6 Å². The predicted molar refractivity (Wildman–Crippen MR) is 87.0 cm³/mol. The molecule has 0 spiro atoms. The van der Waals surface area contributed by atoms with E-state index in [0.29, 0.717) is 11.5 Å². The normalized spacial score (nSPS) is 28.6. The number of methoxy groups -OCH3 is 1. The second-order valence-corrected chi connectivity index (χ2v) is 8.19. The molecule has 1 N–H and O–H groups in total. The fourth-order valence-corrected chi connectivity index (χ4v) is 4.34. The average molecular weight is 288 g/mol. The Labute approximate surface area is 124 Å². The molecular weight excluding hydrogens is 254 g/mol. The van der Waals surface area contributed by atoms with E-state index in [1.807, 2.05) is 0 Å². The molecular formula is C16H33NOS. The molecule has 0 aromatic carbocycles. The van der Waals surface area contributed by atoms with Crippen molar-refractivity contribution in [1.82, 2.24) is 5.32 Å². The zero-order valence-corrected chi connectivity index (χ0v) is 14.3. The standard InChI is InChI=1S/C16H33NOS/c1-6-9-17-14-8-7-13(16(2,3)4)12-15(14)19-11-10-18-5/h13-15,17H,6-12H2,1-5H3. The Hall–Kier alpha value is 0.270. The summed E-state index contributed by atoms with van der Waals surface area (Å²) in [7, 11) is 1.80. The molecule has 2 nitrogen and oxygen atoms in total. The van der Waals surface area contributed by atoms with E-state index in [9.17, 15) is 0 Å². The molecule has 3 atom stereocenters. The Balaban J connectivity index is 2.52. The third-order valence-electron chi connectivity index (χ3n) is 4.29. The van der Waals surface area contributed by atoms with Crippen LogP contribution in [0.1, 0.15) is 53.4 Å². The first-order valence-electron chi connectivity index (χ1n) is 7.83. The van der Waals surface area contributed by atoms with Crippen LogP contribution in [0.4, 0.5) is 0 Å². The first-order chi connectivity index (χ1) is 8.99. The van der Waals surface area contributed by atoms with E-state index in [0.717, 1.165) is 30.1 Å². The SMILES string of the molecule is CCCNC1CCC(C(C)(C)C)CC1SCCOC. The molecule has 1 saturated carbocycles. The maximum atomic E-state index is 5.20. The van der Waals surface area contributed by atoms with Crippen molar-refractivity contribution in [3.63, 3.8) is 0 Å². The molecule has 1 aliphatic rings. The molecule has 0 radical (unpaired) electrons. The summed E-state index contributed by atoms with van der Waals surface area (Å²) in [5.74, 6) is 2.00. The van der Waals surface area contributed by atoms with Gasteiger partial charge in [0.2, 0.25) is 0 Å². The number of nitrogens with one attached hydrogen (secondary N) is 1. The highest BCUT2D eigenvalue weighted by atomic mass is 32.2. The van der Waals surface area contributed by atoms with Crippen molar-refractivity contribution in [2.75, 3.05) is 26.0 Å². The largest absolute Gasteiger partial charge is 0.384 e. The lowest BCUT2D eigenvalue weighted by atomic mass is 9.71. The second kappa shape index (κ2) is 8.53. The van der Waals surface area contributed by atoms with Crippen molar-refractivity contribution in [3.05, 3.63) is 0 Å². The zero-order chi connectivity index (χ0) is 14.3. The second-order valence-electron chi connectivity index (χ2n) is 6.84. The van der Waals surface area contributed by atoms with Crippen LogP contribution in [0.2, 0.25) is 0 Å². The average Bonchev–Trinajstić information content (AvgIpc) is 2.36. The Morgan fingerprint density at radius 3 is 2.58 bits per heavy atom. The molecule has 0 bridgehead atoms. The Morgan fingerprint density at radius 2 is 2.00 bits per heavy atom. The Morgan fingerprint density at radius 1 is 1.26 bits per heavy atom. The number of hydrogen-bond acceptors (Lipinski definition) is 3. The lowest BCUT2D eigenvalue weighted by molar-refractivity contribution is 0.164. The van der Waals surface area contributed by atoms with Gasteiger partial charge in [-0.15, -0.1) is 0 Å². The lowest BCUT2D eigenvalue weighted by Gasteiger charge is -2.42. The molecule has 3 heteroatoms. The molecule has 19 heavy (non-hydrogen) atoms. The molecule has 0 aromatic rings. The van der Waals surface area contributed by atoms with Crippen LogP contribution in [0.5, 0.6) is 0 Å². The minimum absolute atomic E-state index is 0.454.